The fourth-order valence-corrected chi connectivity index (χ4v) is 6.32. The number of aromatic hydroxyl groups is 2. The Balaban J connectivity index is 3.39. The molecule has 0 radical (unpaired) electrons. The fraction of sp³-hybridized carbons (Fsp3) is 0.533. The average Bonchev–Trinajstić information content (AvgIpc) is 3.09. The molecule has 1 aromatic rings. The lowest BCUT2D eigenvalue weighted by Gasteiger charge is -2.22. The molecule has 0 heterocycles. The van der Waals surface area contributed by atoms with Crippen LogP contribution < -0.4 is 38.1 Å². The van der Waals surface area contributed by atoms with Crippen LogP contribution >= 0.6 is 23.5 Å². The molecular formula is C30H45N7O14S2. The van der Waals surface area contributed by atoms with Gasteiger partial charge < -0.3 is 68.7 Å². The van der Waals surface area contributed by atoms with E-state index in [1.54, 1.807) is 14.0 Å². The monoisotopic (exact) mass is 791 g/mol. The molecule has 0 aromatic heterocycles. The number of hydrogen-bond acceptors (Lipinski definition) is 15. The van der Waals surface area contributed by atoms with Gasteiger partial charge in [-0.1, -0.05) is 0 Å². The van der Waals surface area contributed by atoms with Gasteiger partial charge in [0.15, 0.2) is 11.5 Å². The topological polar surface area (TPSA) is 370 Å². The summed E-state index contributed by atoms with van der Waals surface area (Å²) in [6.45, 7) is 0.230. The summed E-state index contributed by atoms with van der Waals surface area (Å²) >= 11 is 1.64. The number of likely N-dealkylation sites (N-methyl/N-ethyl adjacent to an activating group) is 1. The van der Waals surface area contributed by atoms with Crippen LogP contribution in [0.2, 0.25) is 0 Å². The first kappa shape index (κ1) is 46.2. The largest absolute Gasteiger partial charge is 0.503 e. The lowest BCUT2D eigenvalue weighted by Crippen LogP contribution is -2.49. The number of carbonyl (C=O) groups is 8. The minimum Gasteiger partial charge on any atom is -0.503 e. The Hall–Kier alpha value is -4.84. The minimum atomic E-state index is -1.39. The maximum absolute atomic E-state index is 12.9. The molecule has 23 heteroatoms. The van der Waals surface area contributed by atoms with Crippen molar-refractivity contribution < 1.29 is 69.0 Å². The van der Waals surface area contributed by atoms with Crippen LogP contribution in [0.4, 0.5) is 0 Å². The van der Waals surface area contributed by atoms with E-state index in [2.05, 4.69) is 26.6 Å². The molecule has 0 unspecified atom stereocenters. The van der Waals surface area contributed by atoms with Gasteiger partial charge in [0.2, 0.25) is 23.6 Å². The van der Waals surface area contributed by atoms with E-state index < -0.39 is 96.3 Å². The van der Waals surface area contributed by atoms with Crippen LogP contribution in [0.3, 0.4) is 0 Å². The highest BCUT2D eigenvalue weighted by atomic mass is 32.2. The number of hydrogen-bond donors (Lipinski definition) is 13. The summed E-state index contributed by atoms with van der Waals surface area (Å²) < 4.78 is 0. The van der Waals surface area contributed by atoms with Gasteiger partial charge in [0, 0.05) is 30.4 Å². The fourth-order valence-electron chi connectivity index (χ4n) is 4.15. The van der Waals surface area contributed by atoms with Crippen LogP contribution in [0, 0.1) is 0 Å². The highest BCUT2D eigenvalue weighted by molar-refractivity contribution is 8.00. The van der Waals surface area contributed by atoms with Crippen molar-refractivity contribution in [1.82, 2.24) is 26.6 Å². The maximum Gasteiger partial charge on any atom is 0.322 e. The Morgan fingerprint density at radius 1 is 0.717 bits per heavy atom. The van der Waals surface area contributed by atoms with Gasteiger partial charge in [-0.3, -0.25) is 38.4 Å². The van der Waals surface area contributed by atoms with E-state index >= 15 is 0 Å². The van der Waals surface area contributed by atoms with Crippen LogP contribution in [-0.2, 0) is 44.8 Å². The molecule has 4 amide bonds. The van der Waals surface area contributed by atoms with Gasteiger partial charge in [0.1, 0.15) is 37.3 Å². The van der Waals surface area contributed by atoms with Crippen molar-refractivity contribution in [2.75, 3.05) is 31.6 Å². The lowest BCUT2D eigenvalue weighted by atomic mass is 10.1. The zero-order valence-electron chi connectivity index (χ0n) is 28.7. The molecule has 53 heavy (non-hydrogen) atoms. The summed E-state index contributed by atoms with van der Waals surface area (Å²) in [6, 6.07) is -4.23. The van der Waals surface area contributed by atoms with Crippen LogP contribution in [0.15, 0.2) is 15.9 Å². The highest BCUT2D eigenvalue weighted by Crippen LogP contribution is 2.45. The summed E-state index contributed by atoms with van der Waals surface area (Å²) in [4.78, 5) is 95.0. The predicted octanol–water partition coefficient (Wildman–Crippen LogP) is -2.81. The van der Waals surface area contributed by atoms with E-state index in [1.165, 1.54) is 6.07 Å². The molecule has 1 rings (SSSR count). The van der Waals surface area contributed by atoms with Gasteiger partial charge in [-0.05, 0) is 44.9 Å². The molecule has 0 aliphatic carbocycles. The number of phenols is 2. The van der Waals surface area contributed by atoms with Gasteiger partial charge >= 0.3 is 23.9 Å². The summed E-state index contributed by atoms with van der Waals surface area (Å²) in [5.74, 6) is -10.7. The summed E-state index contributed by atoms with van der Waals surface area (Å²) in [6.07, 6.45) is -1.06. The average molecular weight is 792 g/mol. The molecule has 5 atom stereocenters. The first-order chi connectivity index (χ1) is 24.8. The number of nitrogens with two attached hydrogens (primary N) is 2. The van der Waals surface area contributed by atoms with E-state index in [1.807, 2.05) is 0 Å². The van der Waals surface area contributed by atoms with Crippen molar-refractivity contribution in [2.45, 2.75) is 79.0 Å². The molecule has 0 fully saturated rings. The lowest BCUT2D eigenvalue weighted by molar-refractivity contribution is -0.140. The highest BCUT2D eigenvalue weighted by Gasteiger charge is 2.28. The van der Waals surface area contributed by atoms with Gasteiger partial charge in [-0.25, -0.2) is 0 Å². The van der Waals surface area contributed by atoms with Crippen LogP contribution in [0.25, 0.3) is 0 Å². The van der Waals surface area contributed by atoms with Crippen molar-refractivity contribution in [2.24, 2.45) is 11.5 Å². The number of phenolic OH excluding ortho intramolecular Hbond substituents is 2. The second-order valence-corrected chi connectivity index (χ2v) is 13.6. The van der Waals surface area contributed by atoms with Gasteiger partial charge in [-0.2, -0.15) is 0 Å². The van der Waals surface area contributed by atoms with Crippen LogP contribution in [-0.4, -0.2) is 140 Å². The zero-order chi connectivity index (χ0) is 40.4. The molecule has 0 aliphatic rings. The van der Waals surface area contributed by atoms with Crippen molar-refractivity contribution in [3.05, 3.63) is 11.6 Å². The van der Waals surface area contributed by atoms with E-state index in [-0.39, 0.29) is 59.4 Å². The van der Waals surface area contributed by atoms with Gasteiger partial charge in [0.25, 0.3) is 0 Å². The summed E-state index contributed by atoms with van der Waals surface area (Å²) in [5, 5.41) is 70.2. The Morgan fingerprint density at radius 2 is 1.15 bits per heavy atom. The minimum absolute atomic E-state index is 0.0298. The van der Waals surface area contributed by atoms with E-state index in [0.717, 1.165) is 23.5 Å². The zero-order valence-corrected chi connectivity index (χ0v) is 30.4. The number of carboxylic acid groups (broad SMARTS) is 4. The van der Waals surface area contributed by atoms with Crippen LogP contribution in [0.1, 0.15) is 38.2 Å². The molecule has 0 bridgehead atoms. The smallest absolute Gasteiger partial charge is 0.322 e. The first-order valence-corrected chi connectivity index (χ1v) is 17.8. The molecule has 15 N–H and O–H groups in total. The van der Waals surface area contributed by atoms with E-state index in [0.29, 0.717) is 5.56 Å². The number of rotatable bonds is 25. The molecule has 296 valence electrons. The Kier molecular flexibility index (Phi) is 20.0. The Morgan fingerprint density at radius 3 is 1.55 bits per heavy atom. The molecule has 21 nitrogen and oxygen atoms in total. The summed E-state index contributed by atoms with van der Waals surface area (Å²) in [7, 11) is 1.66. The predicted molar refractivity (Wildman–Crippen MR) is 188 cm³/mol. The second-order valence-electron chi connectivity index (χ2n) is 11.5. The Labute approximate surface area is 311 Å². The van der Waals surface area contributed by atoms with Crippen LogP contribution in [0.5, 0.6) is 11.5 Å². The normalized spacial score (nSPS) is 13.7. The third-order valence-corrected chi connectivity index (χ3v) is 9.59. The molecule has 0 spiro atoms. The quantitative estimate of drug-likeness (QED) is 0.0351. The van der Waals surface area contributed by atoms with Crippen molar-refractivity contribution in [3.8, 4) is 11.5 Å². The molecule has 0 aliphatic heterocycles. The van der Waals surface area contributed by atoms with Crippen molar-refractivity contribution in [1.29, 1.82) is 0 Å². The number of carboxylic acids is 4. The maximum atomic E-state index is 12.9. The van der Waals surface area contributed by atoms with E-state index in [9.17, 15) is 48.6 Å². The number of nitrogens with one attached hydrogen (secondary N) is 5. The standard InChI is InChI=1S/C30H45N7O14S2/c1-13(33-2)7-14-8-19(52-11-17(27(46)34-9-22(40)41)36-20(38)5-3-15(31)29(48)49)24(44)25(45)26(14)53-12-18(28(47)35-10-23(42)43)37-21(39)6-4-16(32)30(50)51/h8,13,15-18,33,44-45H,3-7,9-12,31-32H2,1-2H3,(H,34,46)(H,35,47)(H,36,38)(H,37,39)(H,40,41)(H,42,43)(H,48,49)(H,50,51)/t13-,15-,16-,17+,18+/m0/s1. The van der Waals surface area contributed by atoms with Crippen molar-refractivity contribution >= 4 is 71.0 Å². The molecule has 0 saturated heterocycles. The van der Waals surface area contributed by atoms with Gasteiger partial charge in [0.05, 0.1) is 9.79 Å². The second kappa shape index (κ2) is 23.0. The van der Waals surface area contributed by atoms with Crippen molar-refractivity contribution in [3.63, 3.8) is 0 Å². The Bertz CT molecular complexity index is 1520. The number of aliphatic carboxylic acids is 4. The number of amides is 4. The molecule has 0 saturated carbocycles. The van der Waals surface area contributed by atoms with E-state index in [4.69, 9.17) is 31.9 Å². The third kappa shape index (κ3) is 17.0. The number of benzene rings is 1. The molecular weight excluding hydrogens is 746 g/mol. The number of carbonyl (C=O) groups excluding carboxylic acids is 4. The number of thioether (sulfide) groups is 2. The SMILES string of the molecule is CN[C@@H](C)Cc1cc(SC[C@@H](NC(=O)CC[C@H](N)C(=O)O)C(=O)NCC(=O)O)c(O)c(O)c1SC[C@@H](NC(=O)CC[C@H](N)C(=O)O)C(=O)NCC(=O)O. The summed E-state index contributed by atoms with van der Waals surface area (Å²) in [5.41, 5.74) is 11.3. The first-order valence-electron chi connectivity index (χ1n) is 15.8. The third-order valence-electron chi connectivity index (χ3n) is 7.22. The molecule has 1 aromatic carbocycles. The van der Waals surface area contributed by atoms with Gasteiger partial charge in [-0.15, -0.1) is 23.5 Å².